The van der Waals surface area contributed by atoms with E-state index >= 15 is 0 Å². The van der Waals surface area contributed by atoms with Gasteiger partial charge in [0, 0.05) is 23.5 Å². The SMILES string of the molecule is COc1ccc(C(O[C@H](Cn2cc(C)c(=O)[nH]c2=O)[C@@H](Cn2cc(C)c(=O)[nH]c2=O)OS(C)(=O)=O)(c2ccccc2)c2ccc(OC)cc2)cc1. The topological polar surface area (TPSA) is 181 Å². The molecule has 0 aliphatic carbocycles. The zero-order valence-corrected chi connectivity index (χ0v) is 29.4. The fourth-order valence-corrected chi connectivity index (χ4v) is 6.45. The van der Waals surface area contributed by atoms with Crippen molar-refractivity contribution < 1.29 is 26.8 Å². The van der Waals surface area contributed by atoms with Crippen LogP contribution in [0.15, 0.2) is 110 Å². The van der Waals surface area contributed by atoms with Gasteiger partial charge < -0.3 is 14.2 Å². The van der Waals surface area contributed by atoms with E-state index < -0.39 is 57.0 Å². The first-order valence-corrected chi connectivity index (χ1v) is 17.6. The number of hydrogen-bond acceptors (Lipinski definition) is 10. The van der Waals surface area contributed by atoms with Gasteiger partial charge in [0.2, 0.25) is 0 Å². The molecule has 0 radical (unpaired) electrons. The summed E-state index contributed by atoms with van der Waals surface area (Å²) in [6.07, 6.45) is 0.625. The molecule has 2 heterocycles. The van der Waals surface area contributed by atoms with Gasteiger partial charge in [-0.15, -0.1) is 0 Å². The van der Waals surface area contributed by atoms with Crippen molar-refractivity contribution in [2.24, 2.45) is 0 Å². The Morgan fingerprint density at radius 1 is 0.647 bits per heavy atom. The number of methoxy groups -OCH3 is 2. The first kappa shape index (κ1) is 36.8. The predicted molar refractivity (Wildman–Crippen MR) is 189 cm³/mol. The Labute approximate surface area is 293 Å². The molecule has 0 fully saturated rings. The van der Waals surface area contributed by atoms with Crippen molar-refractivity contribution in [3.63, 3.8) is 0 Å². The summed E-state index contributed by atoms with van der Waals surface area (Å²) in [5.41, 5.74) is -2.15. The minimum absolute atomic E-state index is 0.188. The molecule has 0 aliphatic heterocycles. The number of H-pyrrole nitrogens is 2. The second-order valence-corrected chi connectivity index (χ2v) is 13.5. The lowest BCUT2D eigenvalue weighted by Crippen LogP contribution is -2.49. The van der Waals surface area contributed by atoms with Crippen LogP contribution in [0.2, 0.25) is 0 Å². The van der Waals surface area contributed by atoms with Gasteiger partial charge in [-0.25, -0.2) is 9.59 Å². The predicted octanol–water partition coefficient (Wildman–Crippen LogP) is 2.44. The number of nitrogens with one attached hydrogen (secondary N) is 2. The molecule has 0 bridgehead atoms. The van der Waals surface area contributed by atoms with Gasteiger partial charge in [0.1, 0.15) is 29.3 Å². The first-order valence-electron chi connectivity index (χ1n) is 15.8. The van der Waals surface area contributed by atoms with E-state index in [0.29, 0.717) is 28.2 Å². The summed E-state index contributed by atoms with van der Waals surface area (Å²) in [5, 5.41) is 0. The van der Waals surface area contributed by atoms with E-state index in [4.69, 9.17) is 18.4 Å². The largest absolute Gasteiger partial charge is 0.497 e. The van der Waals surface area contributed by atoms with Gasteiger partial charge >= 0.3 is 11.4 Å². The summed E-state index contributed by atoms with van der Waals surface area (Å²) in [4.78, 5) is 55.3. The fraction of sp³-hybridized carbons (Fsp3) is 0.278. The van der Waals surface area contributed by atoms with E-state index in [1.54, 1.807) is 48.5 Å². The Morgan fingerprint density at radius 3 is 1.47 bits per heavy atom. The van der Waals surface area contributed by atoms with Gasteiger partial charge in [-0.1, -0.05) is 54.6 Å². The van der Waals surface area contributed by atoms with E-state index in [1.165, 1.54) is 45.0 Å². The van der Waals surface area contributed by atoms with Gasteiger partial charge in [0.25, 0.3) is 21.2 Å². The zero-order valence-electron chi connectivity index (χ0n) is 28.6. The van der Waals surface area contributed by atoms with Gasteiger partial charge in [0.15, 0.2) is 0 Å². The first-order chi connectivity index (χ1) is 24.2. The van der Waals surface area contributed by atoms with Crippen LogP contribution < -0.4 is 32.0 Å². The van der Waals surface area contributed by atoms with E-state index in [-0.39, 0.29) is 17.7 Å². The van der Waals surface area contributed by atoms with Crippen molar-refractivity contribution in [1.29, 1.82) is 0 Å². The monoisotopic (exact) mass is 718 g/mol. The highest BCUT2D eigenvalue weighted by Crippen LogP contribution is 2.43. The van der Waals surface area contributed by atoms with Crippen molar-refractivity contribution in [2.75, 3.05) is 20.5 Å². The third-order valence-electron chi connectivity index (χ3n) is 8.35. The van der Waals surface area contributed by atoms with Crippen LogP contribution in [-0.4, -0.2) is 60.2 Å². The van der Waals surface area contributed by atoms with Gasteiger partial charge in [0.05, 0.1) is 33.6 Å². The van der Waals surface area contributed by atoms with E-state index in [1.807, 2.05) is 30.3 Å². The quantitative estimate of drug-likeness (QED) is 0.128. The second kappa shape index (κ2) is 15.2. The van der Waals surface area contributed by atoms with E-state index in [2.05, 4.69) is 9.97 Å². The molecule has 5 aromatic rings. The molecule has 51 heavy (non-hydrogen) atoms. The summed E-state index contributed by atoms with van der Waals surface area (Å²) < 4.78 is 51.9. The molecule has 3 aromatic carbocycles. The standard InChI is InChI=1S/C36H38N4O10S/c1-23-19-39(34(43)37-32(23)41)21-30(31(50-51(5,45)46)22-40-20-24(2)33(42)38-35(40)44)49-36(25-9-7-6-8-10-25,26-11-15-28(47-3)16-12-26)27-13-17-29(48-4)18-14-27/h6-20,30-31H,21-22H2,1-5H3,(H,37,41,43)(H,38,42,44)/t30-,31-/m1/s1. The number of benzene rings is 3. The summed E-state index contributed by atoms with van der Waals surface area (Å²) in [6.45, 7) is 2.22. The number of rotatable bonds is 14. The molecule has 0 unspecified atom stereocenters. The van der Waals surface area contributed by atoms with Crippen molar-refractivity contribution in [2.45, 2.75) is 44.7 Å². The maximum atomic E-state index is 13.2. The summed E-state index contributed by atoms with van der Waals surface area (Å²) >= 11 is 0. The van der Waals surface area contributed by atoms with E-state index in [9.17, 15) is 27.6 Å². The number of aromatic nitrogens is 4. The molecule has 0 saturated heterocycles. The van der Waals surface area contributed by atoms with Crippen LogP contribution >= 0.6 is 0 Å². The molecule has 14 nitrogen and oxygen atoms in total. The highest BCUT2D eigenvalue weighted by molar-refractivity contribution is 7.86. The number of aryl methyl sites for hydroxylation is 2. The Hall–Kier alpha value is -5.51. The minimum Gasteiger partial charge on any atom is -0.497 e. The average Bonchev–Trinajstić information content (AvgIpc) is 3.11. The Balaban J connectivity index is 1.82. The van der Waals surface area contributed by atoms with Crippen LogP contribution in [0, 0.1) is 13.8 Å². The number of aromatic amines is 2. The number of ether oxygens (including phenoxy) is 3. The fourth-order valence-electron chi connectivity index (χ4n) is 5.82. The number of nitrogens with zero attached hydrogens (tertiary/aromatic N) is 2. The highest BCUT2D eigenvalue weighted by atomic mass is 32.2. The van der Waals surface area contributed by atoms with Crippen LogP contribution in [0.5, 0.6) is 11.5 Å². The van der Waals surface area contributed by atoms with Crippen molar-refractivity contribution in [1.82, 2.24) is 19.1 Å². The molecule has 0 aliphatic rings. The van der Waals surface area contributed by atoms with Gasteiger partial charge in [-0.3, -0.25) is 32.9 Å². The van der Waals surface area contributed by atoms with Crippen LogP contribution in [0.3, 0.4) is 0 Å². The van der Waals surface area contributed by atoms with Crippen LogP contribution in [0.4, 0.5) is 0 Å². The summed E-state index contributed by atoms with van der Waals surface area (Å²) in [7, 11) is -1.18. The van der Waals surface area contributed by atoms with Crippen molar-refractivity contribution >= 4 is 10.1 Å². The number of hydrogen-bond donors (Lipinski definition) is 2. The molecular formula is C36H38N4O10S. The van der Waals surface area contributed by atoms with Crippen molar-refractivity contribution in [3.8, 4) is 11.5 Å². The lowest BCUT2D eigenvalue weighted by molar-refractivity contribution is -0.104. The Morgan fingerprint density at radius 2 is 1.06 bits per heavy atom. The summed E-state index contributed by atoms with van der Waals surface area (Å²) in [5.74, 6) is 1.13. The van der Waals surface area contributed by atoms with Crippen LogP contribution in [0.25, 0.3) is 0 Å². The minimum atomic E-state index is -4.25. The zero-order chi connectivity index (χ0) is 36.9. The lowest BCUT2D eigenvalue weighted by Gasteiger charge is -2.41. The molecule has 0 spiro atoms. The molecule has 15 heteroatoms. The molecule has 0 amide bonds. The van der Waals surface area contributed by atoms with Crippen LogP contribution in [0.1, 0.15) is 27.8 Å². The normalized spacial score (nSPS) is 13.0. The maximum absolute atomic E-state index is 13.2. The van der Waals surface area contributed by atoms with Crippen molar-refractivity contribution in [3.05, 3.63) is 161 Å². The van der Waals surface area contributed by atoms with Crippen LogP contribution in [-0.2, 0) is 37.7 Å². The average molecular weight is 719 g/mol. The third kappa shape index (κ3) is 8.28. The van der Waals surface area contributed by atoms with E-state index in [0.717, 1.165) is 10.8 Å². The third-order valence-corrected chi connectivity index (χ3v) is 8.94. The molecule has 2 N–H and O–H groups in total. The van der Waals surface area contributed by atoms with Gasteiger partial charge in [-0.2, -0.15) is 8.42 Å². The summed E-state index contributed by atoms with van der Waals surface area (Å²) in [6, 6.07) is 23.3. The molecule has 0 saturated carbocycles. The highest BCUT2D eigenvalue weighted by Gasteiger charge is 2.43. The Kier molecular flexibility index (Phi) is 10.9. The van der Waals surface area contributed by atoms with Gasteiger partial charge in [-0.05, 0) is 54.8 Å². The molecule has 2 aromatic heterocycles. The smallest absolute Gasteiger partial charge is 0.328 e. The second-order valence-electron chi connectivity index (χ2n) is 11.9. The molecule has 2 atom stereocenters. The molecule has 268 valence electrons. The Bertz CT molecular complexity index is 2280. The molecule has 5 rings (SSSR count). The maximum Gasteiger partial charge on any atom is 0.328 e. The lowest BCUT2D eigenvalue weighted by atomic mass is 9.79. The molecular weight excluding hydrogens is 680 g/mol.